The molecule has 0 atom stereocenters. The summed E-state index contributed by atoms with van der Waals surface area (Å²) in [5.74, 6) is 0. The van der Waals surface area contributed by atoms with Gasteiger partial charge in [-0.1, -0.05) is 15.9 Å². The zero-order valence-electron chi connectivity index (χ0n) is 9.64. The van der Waals surface area contributed by atoms with E-state index >= 15 is 0 Å². The van der Waals surface area contributed by atoms with Crippen LogP contribution in [0.4, 0.5) is 11.4 Å². The molecule has 0 amide bonds. The third-order valence-electron chi connectivity index (χ3n) is 2.47. The number of rotatable bonds is 4. The molecule has 0 aliphatic heterocycles. The Bertz CT molecular complexity index is 620. The normalized spacial score (nSPS) is 10.2. The maximum absolute atomic E-state index is 11.0. The van der Waals surface area contributed by atoms with Crippen molar-refractivity contribution in [2.24, 2.45) is 0 Å². The summed E-state index contributed by atoms with van der Waals surface area (Å²) in [5.41, 5.74) is 1.49. The predicted molar refractivity (Wildman–Crippen MR) is 80.1 cm³/mol. The van der Waals surface area contributed by atoms with Gasteiger partial charge in [-0.25, -0.2) is 4.98 Å². The van der Waals surface area contributed by atoms with Crippen LogP contribution in [0.15, 0.2) is 45.6 Å². The highest BCUT2D eigenvalue weighted by Gasteiger charge is 2.14. The van der Waals surface area contributed by atoms with Crippen molar-refractivity contribution >= 4 is 43.2 Å². The number of nitro benzene ring substituents is 1. The number of benzene rings is 1. The molecule has 5 nitrogen and oxygen atoms in total. The third-order valence-corrected chi connectivity index (χ3v) is 3.60. The Morgan fingerprint density at radius 3 is 2.79 bits per heavy atom. The number of nitrogens with zero attached hydrogens (tertiary/aromatic N) is 2. The molecule has 1 aromatic carbocycles. The maximum Gasteiger partial charge on any atom is 0.275 e. The first-order valence-corrected chi connectivity index (χ1v) is 6.94. The number of aromatic nitrogens is 1. The molecule has 2 aromatic rings. The number of nitro groups is 1. The van der Waals surface area contributed by atoms with E-state index in [2.05, 4.69) is 42.2 Å². The van der Waals surface area contributed by atoms with Crippen molar-refractivity contribution in [2.75, 3.05) is 5.32 Å². The predicted octanol–water partition coefficient (Wildman–Crippen LogP) is 4.13. The van der Waals surface area contributed by atoms with Crippen LogP contribution < -0.4 is 5.32 Å². The lowest BCUT2D eigenvalue weighted by Gasteiger charge is -2.08. The molecular weight excluding hydrogens is 378 g/mol. The Labute approximate surface area is 126 Å². The van der Waals surface area contributed by atoms with Gasteiger partial charge in [0.25, 0.3) is 5.69 Å². The van der Waals surface area contributed by atoms with Gasteiger partial charge in [0, 0.05) is 28.8 Å². The van der Waals surface area contributed by atoms with E-state index in [0.29, 0.717) is 21.2 Å². The number of hydrogen-bond acceptors (Lipinski definition) is 4. The van der Waals surface area contributed by atoms with Gasteiger partial charge in [-0.3, -0.25) is 10.1 Å². The minimum Gasteiger partial charge on any atom is -0.379 e. The summed E-state index contributed by atoms with van der Waals surface area (Å²) in [5, 5.41) is 14.1. The molecule has 19 heavy (non-hydrogen) atoms. The third kappa shape index (κ3) is 3.51. The van der Waals surface area contributed by atoms with Crippen molar-refractivity contribution in [3.8, 4) is 0 Å². The van der Waals surface area contributed by atoms with Gasteiger partial charge in [0.05, 0.1) is 10.6 Å². The molecular formula is C12H9Br2N3O2. The van der Waals surface area contributed by atoms with E-state index in [4.69, 9.17) is 0 Å². The summed E-state index contributed by atoms with van der Waals surface area (Å²) in [6.07, 6.45) is 1.66. The van der Waals surface area contributed by atoms with Crippen LogP contribution in [-0.2, 0) is 6.54 Å². The molecule has 7 heteroatoms. The second-order valence-electron chi connectivity index (χ2n) is 3.73. The first-order valence-electron chi connectivity index (χ1n) is 5.35. The van der Waals surface area contributed by atoms with Crippen LogP contribution in [0.1, 0.15) is 5.56 Å². The van der Waals surface area contributed by atoms with Crippen molar-refractivity contribution < 1.29 is 4.92 Å². The number of hydrogen-bond donors (Lipinski definition) is 1. The minimum absolute atomic E-state index is 0.0851. The molecule has 0 fully saturated rings. The number of pyridine rings is 1. The van der Waals surface area contributed by atoms with Gasteiger partial charge in [-0.15, -0.1) is 0 Å². The molecule has 0 unspecified atom stereocenters. The zero-order valence-corrected chi connectivity index (χ0v) is 12.8. The Balaban J connectivity index is 2.20. The largest absolute Gasteiger partial charge is 0.379 e. The lowest BCUT2D eigenvalue weighted by atomic mass is 10.2. The molecule has 0 spiro atoms. The van der Waals surface area contributed by atoms with E-state index in [1.165, 1.54) is 6.07 Å². The van der Waals surface area contributed by atoms with Crippen LogP contribution in [0.25, 0.3) is 0 Å². The van der Waals surface area contributed by atoms with Crippen molar-refractivity contribution in [3.05, 3.63) is 61.3 Å². The van der Waals surface area contributed by atoms with E-state index in [1.54, 1.807) is 24.4 Å². The summed E-state index contributed by atoms with van der Waals surface area (Å²) in [4.78, 5) is 14.7. The molecule has 0 aliphatic rings. The average Bonchev–Trinajstić information content (AvgIpc) is 2.38. The smallest absolute Gasteiger partial charge is 0.275 e. The molecule has 0 aliphatic carbocycles. The van der Waals surface area contributed by atoms with Crippen LogP contribution in [0.3, 0.4) is 0 Å². The first kappa shape index (κ1) is 14.0. The topological polar surface area (TPSA) is 68.1 Å². The zero-order chi connectivity index (χ0) is 13.8. The molecule has 1 heterocycles. The monoisotopic (exact) mass is 385 g/mol. The van der Waals surface area contributed by atoms with E-state index in [1.807, 2.05) is 6.07 Å². The van der Waals surface area contributed by atoms with Gasteiger partial charge in [0.2, 0.25) is 0 Å². The molecule has 1 N–H and O–H groups in total. The average molecular weight is 387 g/mol. The highest BCUT2D eigenvalue weighted by atomic mass is 79.9. The second kappa shape index (κ2) is 6.12. The fourth-order valence-electron chi connectivity index (χ4n) is 1.56. The van der Waals surface area contributed by atoms with Crippen LogP contribution in [0.2, 0.25) is 0 Å². The van der Waals surface area contributed by atoms with Gasteiger partial charge in [-0.2, -0.15) is 0 Å². The highest BCUT2D eigenvalue weighted by Crippen LogP contribution is 2.25. The second-order valence-corrected chi connectivity index (χ2v) is 5.39. The minimum atomic E-state index is -0.389. The fraction of sp³-hybridized carbons (Fsp3) is 0.0833. The molecule has 0 saturated carbocycles. The molecule has 0 bridgehead atoms. The highest BCUT2D eigenvalue weighted by molar-refractivity contribution is 9.10. The van der Waals surface area contributed by atoms with E-state index in [9.17, 15) is 10.1 Å². The van der Waals surface area contributed by atoms with Crippen LogP contribution in [0.5, 0.6) is 0 Å². The van der Waals surface area contributed by atoms with Gasteiger partial charge in [0.15, 0.2) is 0 Å². The van der Waals surface area contributed by atoms with Crippen LogP contribution in [0, 0.1) is 10.1 Å². The van der Waals surface area contributed by atoms with Crippen LogP contribution >= 0.6 is 31.9 Å². The van der Waals surface area contributed by atoms with E-state index in [0.717, 1.165) is 5.69 Å². The fourth-order valence-corrected chi connectivity index (χ4v) is 2.30. The van der Waals surface area contributed by atoms with Crippen molar-refractivity contribution in [3.63, 3.8) is 0 Å². The van der Waals surface area contributed by atoms with Crippen LogP contribution in [-0.4, -0.2) is 9.91 Å². The van der Waals surface area contributed by atoms with E-state index < -0.39 is 0 Å². The summed E-state index contributed by atoms with van der Waals surface area (Å²) in [7, 11) is 0. The molecule has 0 saturated heterocycles. The molecule has 98 valence electrons. The van der Waals surface area contributed by atoms with Gasteiger partial charge >= 0.3 is 0 Å². The van der Waals surface area contributed by atoms with Gasteiger partial charge in [0.1, 0.15) is 4.60 Å². The maximum atomic E-state index is 11.0. The molecule has 2 rings (SSSR count). The quantitative estimate of drug-likeness (QED) is 0.487. The van der Waals surface area contributed by atoms with E-state index in [-0.39, 0.29) is 10.6 Å². The van der Waals surface area contributed by atoms with Crippen molar-refractivity contribution in [1.29, 1.82) is 0 Å². The Morgan fingerprint density at radius 2 is 2.11 bits per heavy atom. The number of anilines is 1. The van der Waals surface area contributed by atoms with Crippen molar-refractivity contribution in [2.45, 2.75) is 6.54 Å². The number of halogens is 2. The summed E-state index contributed by atoms with van der Waals surface area (Å²) in [6.45, 7) is 0.355. The Kier molecular flexibility index (Phi) is 4.49. The summed E-state index contributed by atoms with van der Waals surface area (Å²) >= 11 is 6.54. The molecule has 0 radical (unpaired) electrons. The SMILES string of the molecule is O=[N+]([O-])c1cc(Br)ccc1CNc1cccnc1Br. The Morgan fingerprint density at radius 1 is 1.32 bits per heavy atom. The lowest BCUT2D eigenvalue weighted by Crippen LogP contribution is -2.04. The van der Waals surface area contributed by atoms with Gasteiger partial charge < -0.3 is 5.32 Å². The lowest BCUT2D eigenvalue weighted by molar-refractivity contribution is -0.385. The number of nitrogens with one attached hydrogen (secondary N) is 1. The van der Waals surface area contributed by atoms with Gasteiger partial charge in [-0.05, 0) is 40.2 Å². The first-order chi connectivity index (χ1) is 9.08. The van der Waals surface area contributed by atoms with Crippen molar-refractivity contribution in [1.82, 2.24) is 4.98 Å². The standard InChI is InChI=1S/C12H9Br2N3O2/c13-9-4-3-8(11(6-9)17(18)19)7-16-10-2-1-5-15-12(10)14/h1-6,16H,7H2. The summed E-state index contributed by atoms with van der Waals surface area (Å²) < 4.78 is 1.36. The molecule has 1 aromatic heterocycles. The Hall–Kier alpha value is -1.47. The summed E-state index contributed by atoms with van der Waals surface area (Å²) in [6, 6.07) is 8.64.